The lowest BCUT2D eigenvalue weighted by molar-refractivity contribution is 0.0717. The number of ketones is 1. The maximum Gasteiger partial charge on any atom is 0.274 e. The molecule has 6 heteroatoms. The van der Waals surface area contributed by atoms with Crippen LogP contribution < -0.4 is 0 Å². The van der Waals surface area contributed by atoms with Crippen LogP contribution in [0.25, 0.3) is 16.9 Å². The van der Waals surface area contributed by atoms with Crippen LogP contribution in [0, 0.1) is 0 Å². The van der Waals surface area contributed by atoms with Gasteiger partial charge in [0.1, 0.15) is 0 Å². The first-order valence-electron chi connectivity index (χ1n) is 9.79. The van der Waals surface area contributed by atoms with Crippen LogP contribution in [0.1, 0.15) is 47.0 Å². The molecule has 0 spiro atoms. The van der Waals surface area contributed by atoms with Crippen molar-refractivity contribution < 1.29 is 9.59 Å². The van der Waals surface area contributed by atoms with Gasteiger partial charge < -0.3 is 4.90 Å². The highest BCUT2D eigenvalue weighted by Gasteiger charge is 2.23. The van der Waals surface area contributed by atoms with E-state index < -0.39 is 0 Å². The van der Waals surface area contributed by atoms with Crippen LogP contribution in [0.2, 0.25) is 5.02 Å². The van der Waals surface area contributed by atoms with E-state index in [4.69, 9.17) is 11.6 Å². The zero-order valence-electron chi connectivity index (χ0n) is 16.3. The number of halogens is 1. The summed E-state index contributed by atoms with van der Waals surface area (Å²) in [6, 6.07) is 16.5. The van der Waals surface area contributed by atoms with Crippen molar-refractivity contribution in [1.29, 1.82) is 0 Å². The number of rotatable bonds is 4. The summed E-state index contributed by atoms with van der Waals surface area (Å²) in [4.78, 5) is 26.5. The van der Waals surface area contributed by atoms with E-state index in [-0.39, 0.29) is 11.7 Å². The highest BCUT2D eigenvalue weighted by Crippen LogP contribution is 2.27. The highest BCUT2D eigenvalue weighted by atomic mass is 35.5. The normalized spacial score (nSPS) is 14.1. The molecule has 0 atom stereocenters. The van der Waals surface area contributed by atoms with Crippen LogP contribution >= 0.6 is 11.6 Å². The molecule has 0 radical (unpaired) electrons. The molecule has 1 aromatic heterocycles. The van der Waals surface area contributed by atoms with Gasteiger partial charge in [-0.2, -0.15) is 5.10 Å². The first kappa shape index (κ1) is 19.4. The molecule has 29 heavy (non-hydrogen) atoms. The monoisotopic (exact) mass is 407 g/mol. The van der Waals surface area contributed by atoms with Gasteiger partial charge >= 0.3 is 0 Å². The second-order valence-corrected chi connectivity index (χ2v) is 7.73. The van der Waals surface area contributed by atoms with E-state index >= 15 is 0 Å². The third kappa shape index (κ3) is 4.10. The van der Waals surface area contributed by atoms with Gasteiger partial charge in [-0.05, 0) is 68.7 Å². The van der Waals surface area contributed by atoms with Gasteiger partial charge in [-0.15, -0.1) is 0 Å². The summed E-state index contributed by atoms with van der Waals surface area (Å²) in [5, 5.41) is 5.28. The molecule has 0 N–H and O–H groups in total. The Bertz CT molecular complexity index is 1030. The molecule has 1 saturated heterocycles. The van der Waals surface area contributed by atoms with Crippen LogP contribution in [-0.2, 0) is 0 Å². The second-order valence-electron chi connectivity index (χ2n) is 7.29. The van der Waals surface area contributed by atoms with Crippen LogP contribution in [0.15, 0.2) is 54.6 Å². The van der Waals surface area contributed by atoms with Crippen molar-refractivity contribution in [3.63, 3.8) is 0 Å². The summed E-state index contributed by atoms with van der Waals surface area (Å²) in [6.07, 6.45) is 3.22. The van der Waals surface area contributed by atoms with Crippen molar-refractivity contribution in [2.45, 2.75) is 26.2 Å². The van der Waals surface area contributed by atoms with Gasteiger partial charge in [0, 0.05) is 29.2 Å². The molecule has 0 unspecified atom stereocenters. The Hall–Kier alpha value is -2.92. The average molecular weight is 408 g/mol. The van der Waals surface area contributed by atoms with Crippen molar-refractivity contribution in [2.75, 3.05) is 13.1 Å². The molecule has 4 rings (SSSR count). The SMILES string of the molecule is CC(=O)c1ccc(-n2nc(C(=O)N3CCCCC3)cc2-c2ccc(Cl)cc2)cc1. The number of benzene rings is 2. The molecule has 0 bridgehead atoms. The van der Waals surface area contributed by atoms with E-state index in [2.05, 4.69) is 5.10 Å². The molecule has 2 heterocycles. The fourth-order valence-corrected chi connectivity index (χ4v) is 3.73. The van der Waals surface area contributed by atoms with E-state index in [1.807, 2.05) is 47.4 Å². The van der Waals surface area contributed by atoms with E-state index in [1.54, 1.807) is 16.8 Å². The number of amides is 1. The van der Waals surface area contributed by atoms with Crippen molar-refractivity contribution >= 4 is 23.3 Å². The van der Waals surface area contributed by atoms with Gasteiger partial charge in [-0.3, -0.25) is 9.59 Å². The average Bonchev–Trinajstić information content (AvgIpc) is 3.20. The van der Waals surface area contributed by atoms with E-state index in [9.17, 15) is 9.59 Å². The van der Waals surface area contributed by atoms with Gasteiger partial charge in [0.2, 0.25) is 0 Å². The Balaban J connectivity index is 1.77. The van der Waals surface area contributed by atoms with Gasteiger partial charge in [-0.1, -0.05) is 23.7 Å². The van der Waals surface area contributed by atoms with Crippen LogP contribution in [0.3, 0.4) is 0 Å². The van der Waals surface area contributed by atoms with Gasteiger partial charge in [0.05, 0.1) is 11.4 Å². The van der Waals surface area contributed by atoms with E-state index in [0.717, 1.165) is 49.3 Å². The Morgan fingerprint density at radius 1 is 0.931 bits per heavy atom. The number of carbonyl (C=O) groups excluding carboxylic acids is 2. The standard InChI is InChI=1S/C23H22ClN3O2/c1-16(28)17-7-11-20(12-8-17)27-22(18-5-9-19(24)10-6-18)15-21(25-27)23(29)26-13-3-2-4-14-26/h5-12,15H,2-4,13-14H2,1H3. The van der Waals surface area contributed by atoms with Crippen LogP contribution in [0.5, 0.6) is 0 Å². The summed E-state index contributed by atoms with van der Waals surface area (Å²) in [6.45, 7) is 3.09. The number of hydrogen-bond donors (Lipinski definition) is 0. The fourth-order valence-electron chi connectivity index (χ4n) is 3.61. The fraction of sp³-hybridized carbons (Fsp3) is 0.261. The third-order valence-electron chi connectivity index (χ3n) is 5.23. The Kier molecular flexibility index (Phi) is 5.49. The van der Waals surface area contributed by atoms with Crippen LogP contribution in [-0.4, -0.2) is 39.5 Å². The maximum absolute atomic E-state index is 13.0. The van der Waals surface area contributed by atoms with E-state index in [1.165, 1.54) is 6.92 Å². The van der Waals surface area contributed by atoms with E-state index in [0.29, 0.717) is 16.3 Å². The lowest BCUT2D eigenvalue weighted by atomic mass is 10.1. The molecule has 5 nitrogen and oxygen atoms in total. The summed E-state index contributed by atoms with van der Waals surface area (Å²) in [5.41, 5.74) is 3.57. The molecule has 1 aliphatic heterocycles. The smallest absolute Gasteiger partial charge is 0.274 e. The number of Topliss-reactive ketones (excluding diaryl/α,β-unsaturated/α-hetero) is 1. The first-order chi connectivity index (χ1) is 14.0. The molecular formula is C23H22ClN3O2. The number of carbonyl (C=O) groups is 2. The largest absolute Gasteiger partial charge is 0.337 e. The molecule has 148 valence electrons. The number of likely N-dealkylation sites (tertiary alicyclic amines) is 1. The topological polar surface area (TPSA) is 55.2 Å². The van der Waals surface area contributed by atoms with Crippen LogP contribution in [0.4, 0.5) is 0 Å². The summed E-state index contributed by atoms with van der Waals surface area (Å²) in [7, 11) is 0. The van der Waals surface area contributed by atoms with Crippen molar-refractivity contribution in [3.05, 3.63) is 70.9 Å². The number of hydrogen-bond acceptors (Lipinski definition) is 3. The van der Waals surface area contributed by atoms with Crippen molar-refractivity contribution in [2.24, 2.45) is 0 Å². The molecule has 1 aliphatic rings. The van der Waals surface area contributed by atoms with Gasteiger partial charge in [0.15, 0.2) is 11.5 Å². The Labute approximate surface area is 174 Å². The molecule has 1 amide bonds. The summed E-state index contributed by atoms with van der Waals surface area (Å²) in [5.74, 6) is -0.0325. The number of nitrogens with zero attached hydrogens (tertiary/aromatic N) is 3. The number of piperidine rings is 1. The predicted molar refractivity (Wildman–Crippen MR) is 114 cm³/mol. The lowest BCUT2D eigenvalue weighted by Crippen LogP contribution is -2.35. The molecular weight excluding hydrogens is 386 g/mol. The molecule has 0 aliphatic carbocycles. The highest BCUT2D eigenvalue weighted by molar-refractivity contribution is 6.30. The molecule has 1 fully saturated rings. The van der Waals surface area contributed by atoms with Gasteiger partial charge in [0.25, 0.3) is 5.91 Å². The maximum atomic E-state index is 13.0. The molecule has 2 aromatic carbocycles. The lowest BCUT2D eigenvalue weighted by Gasteiger charge is -2.25. The van der Waals surface area contributed by atoms with Crippen molar-refractivity contribution in [3.8, 4) is 16.9 Å². The third-order valence-corrected chi connectivity index (χ3v) is 5.48. The zero-order valence-corrected chi connectivity index (χ0v) is 17.0. The zero-order chi connectivity index (χ0) is 20.4. The Morgan fingerprint density at radius 2 is 1.59 bits per heavy atom. The second kappa shape index (κ2) is 8.21. The Morgan fingerprint density at radius 3 is 2.21 bits per heavy atom. The summed E-state index contributed by atoms with van der Waals surface area (Å²) >= 11 is 6.05. The summed E-state index contributed by atoms with van der Waals surface area (Å²) < 4.78 is 1.75. The van der Waals surface area contributed by atoms with Gasteiger partial charge in [-0.25, -0.2) is 4.68 Å². The first-order valence-corrected chi connectivity index (χ1v) is 10.2. The molecule has 3 aromatic rings. The number of aromatic nitrogens is 2. The predicted octanol–water partition coefficient (Wildman–Crippen LogP) is 5.02. The minimum Gasteiger partial charge on any atom is -0.337 e. The minimum absolute atomic E-state index is 0.0101. The molecule has 0 saturated carbocycles. The quantitative estimate of drug-likeness (QED) is 0.570. The van der Waals surface area contributed by atoms with Crippen molar-refractivity contribution in [1.82, 2.24) is 14.7 Å². The minimum atomic E-state index is -0.0426.